The topological polar surface area (TPSA) is 41.1 Å². The van der Waals surface area contributed by atoms with Crippen LogP contribution in [0.1, 0.15) is 152 Å². The molecule has 0 aliphatic carbocycles. The Bertz CT molecular complexity index is 930. The van der Waals surface area contributed by atoms with E-state index in [1.165, 1.54) is 84.7 Å². The number of amides is 2. The molecule has 0 spiro atoms. The lowest BCUT2D eigenvalue weighted by Crippen LogP contribution is -2.22. The summed E-state index contributed by atoms with van der Waals surface area (Å²) in [6.45, 7) is 13.6. The highest BCUT2D eigenvalue weighted by Gasteiger charge is 2.18. The predicted octanol–water partition coefficient (Wildman–Crippen LogP) is 11.4. The molecule has 0 bridgehead atoms. The third-order valence-corrected chi connectivity index (χ3v) is 8.27. The molecule has 0 aromatic heterocycles. The molecule has 40 heavy (non-hydrogen) atoms. The lowest BCUT2D eigenvalue weighted by molar-refractivity contribution is 0.262. The molecule has 0 radical (unpaired) electrons. The van der Waals surface area contributed by atoms with Crippen LogP contribution in [0.2, 0.25) is 0 Å². The maximum atomic E-state index is 13.6. The quantitative estimate of drug-likeness (QED) is 0.170. The molecule has 0 aliphatic heterocycles. The minimum Gasteiger partial charge on any atom is -0.307 e. The number of urea groups is 1. The average molecular weight is 549 g/mol. The molecule has 224 valence electrons. The summed E-state index contributed by atoms with van der Waals surface area (Å²) in [5.41, 5.74) is 10.7. The van der Waals surface area contributed by atoms with Crippen molar-refractivity contribution in [3.8, 4) is 0 Å². The number of benzene rings is 2. The summed E-state index contributed by atoms with van der Waals surface area (Å²) < 4.78 is 0. The van der Waals surface area contributed by atoms with E-state index in [9.17, 15) is 4.79 Å². The number of hydrogen-bond donors (Lipinski definition) is 2. The normalized spacial score (nSPS) is 11.2. The van der Waals surface area contributed by atoms with Crippen LogP contribution in [-0.2, 0) is 38.5 Å². The van der Waals surface area contributed by atoms with Crippen molar-refractivity contribution >= 4 is 17.4 Å². The van der Waals surface area contributed by atoms with Crippen LogP contribution in [0.25, 0.3) is 0 Å². The monoisotopic (exact) mass is 548 g/mol. The Morgan fingerprint density at radius 1 is 0.450 bits per heavy atom. The van der Waals surface area contributed by atoms with Crippen molar-refractivity contribution in [3.63, 3.8) is 0 Å². The van der Waals surface area contributed by atoms with Gasteiger partial charge in [0.25, 0.3) is 0 Å². The van der Waals surface area contributed by atoms with Gasteiger partial charge < -0.3 is 10.6 Å². The molecule has 2 rings (SSSR count). The zero-order chi connectivity index (χ0) is 29.2. The number of carbonyl (C=O) groups excluding carboxylic acids is 1. The van der Waals surface area contributed by atoms with Crippen LogP contribution >= 0.6 is 0 Å². The third-order valence-electron chi connectivity index (χ3n) is 8.27. The van der Waals surface area contributed by atoms with Gasteiger partial charge in [0.05, 0.1) is 0 Å². The van der Waals surface area contributed by atoms with Crippen LogP contribution in [0, 0.1) is 0 Å². The Balaban J connectivity index is 2.42. The molecule has 0 saturated heterocycles. The van der Waals surface area contributed by atoms with Crippen molar-refractivity contribution in [3.05, 3.63) is 57.6 Å². The molecule has 2 aromatic rings. The lowest BCUT2D eigenvalue weighted by atomic mass is 9.89. The Morgan fingerprint density at radius 2 is 0.750 bits per heavy atom. The fraction of sp³-hybridized carbons (Fsp3) is 0.649. The summed E-state index contributed by atoms with van der Waals surface area (Å²) in [7, 11) is 0. The van der Waals surface area contributed by atoms with E-state index in [4.69, 9.17) is 0 Å². The molecule has 0 fully saturated rings. The average Bonchev–Trinajstić information content (AvgIpc) is 2.96. The van der Waals surface area contributed by atoms with Crippen molar-refractivity contribution in [2.24, 2.45) is 0 Å². The molecular formula is C37H60N2O. The summed E-state index contributed by atoms with van der Waals surface area (Å²) in [4.78, 5) is 13.6. The van der Waals surface area contributed by atoms with E-state index < -0.39 is 0 Å². The second kappa shape index (κ2) is 19.7. The van der Waals surface area contributed by atoms with E-state index >= 15 is 0 Å². The molecule has 0 unspecified atom stereocenters. The molecule has 2 aromatic carbocycles. The van der Waals surface area contributed by atoms with Crippen LogP contribution in [0.3, 0.4) is 0 Å². The number of carbonyl (C=O) groups is 1. The Labute approximate surface area is 247 Å². The molecule has 3 nitrogen and oxygen atoms in total. The van der Waals surface area contributed by atoms with Gasteiger partial charge in [-0.15, -0.1) is 0 Å². The van der Waals surface area contributed by atoms with Crippen LogP contribution < -0.4 is 10.6 Å². The zero-order valence-electron chi connectivity index (χ0n) is 26.9. The maximum Gasteiger partial charge on any atom is 0.323 e. The standard InChI is InChI=1S/C37H60N2O/c1-7-13-19-29-25-27-35(33(23-17-11-5)31(29)21-15-9-3)38-37(40)39-36-28-26-30(20-14-8-2)32(22-16-10-4)34(36)24-18-12-6/h25-28H,7-24H2,1-6H3,(H2,38,39,40). The molecule has 0 heterocycles. The highest BCUT2D eigenvalue weighted by Crippen LogP contribution is 2.31. The van der Waals surface area contributed by atoms with Gasteiger partial charge in [-0.05, 0) is 123 Å². The summed E-state index contributed by atoms with van der Waals surface area (Å²) >= 11 is 0. The van der Waals surface area contributed by atoms with Crippen LogP contribution in [0.15, 0.2) is 24.3 Å². The summed E-state index contributed by atoms with van der Waals surface area (Å²) in [5.74, 6) is 0. The molecule has 0 atom stereocenters. The minimum atomic E-state index is -0.110. The van der Waals surface area contributed by atoms with E-state index in [1.54, 1.807) is 0 Å². The van der Waals surface area contributed by atoms with Gasteiger partial charge in [0.1, 0.15) is 0 Å². The van der Waals surface area contributed by atoms with Gasteiger partial charge >= 0.3 is 6.03 Å². The highest BCUT2D eigenvalue weighted by atomic mass is 16.2. The first-order valence-corrected chi connectivity index (χ1v) is 16.9. The van der Waals surface area contributed by atoms with E-state index in [0.717, 1.165) is 75.6 Å². The number of unbranched alkanes of at least 4 members (excludes halogenated alkanes) is 6. The Morgan fingerprint density at radius 3 is 1.07 bits per heavy atom. The second-order valence-electron chi connectivity index (χ2n) is 11.7. The first kappa shape index (κ1) is 33.9. The van der Waals surface area contributed by atoms with Crippen LogP contribution in [-0.4, -0.2) is 6.03 Å². The molecule has 2 N–H and O–H groups in total. The van der Waals surface area contributed by atoms with E-state index in [1.807, 2.05) is 0 Å². The van der Waals surface area contributed by atoms with Crippen molar-refractivity contribution in [1.82, 2.24) is 0 Å². The molecular weight excluding hydrogens is 488 g/mol. The number of nitrogens with one attached hydrogen (secondary N) is 2. The summed E-state index contributed by atoms with van der Waals surface area (Å²) in [6, 6.07) is 8.79. The van der Waals surface area contributed by atoms with Crippen LogP contribution in [0.5, 0.6) is 0 Å². The predicted molar refractivity (Wildman–Crippen MR) is 177 cm³/mol. The van der Waals surface area contributed by atoms with Gasteiger partial charge in [0.2, 0.25) is 0 Å². The van der Waals surface area contributed by atoms with Gasteiger partial charge in [0, 0.05) is 11.4 Å². The molecule has 2 amide bonds. The third kappa shape index (κ3) is 10.6. The second-order valence-corrected chi connectivity index (χ2v) is 11.7. The van der Waals surface area contributed by atoms with Gasteiger partial charge in [-0.2, -0.15) is 0 Å². The fourth-order valence-electron chi connectivity index (χ4n) is 5.80. The zero-order valence-corrected chi connectivity index (χ0v) is 26.9. The van der Waals surface area contributed by atoms with Crippen molar-refractivity contribution in [1.29, 1.82) is 0 Å². The van der Waals surface area contributed by atoms with E-state index in [2.05, 4.69) is 76.4 Å². The lowest BCUT2D eigenvalue weighted by Gasteiger charge is -2.22. The highest BCUT2D eigenvalue weighted by molar-refractivity contribution is 6.01. The SMILES string of the molecule is CCCCc1ccc(NC(=O)Nc2ccc(CCCC)c(CCCC)c2CCCC)c(CCCC)c1CCCC. The Hall–Kier alpha value is -2.29. The summed E-state index contributed by atoms with van der Waals surface area (Å²) in [5, 5.41) is 6.63. The first-order valence-electron chi connectivity index (χ1n) is 16.9. The molecule has 0 saturated carbocycles. The first-order chi connectivity index (χ1) is 19.5. The van der Waals surface area contributed by atoms with Gasteiger partial charge in [-0.3, -0.25) is 0 Å². The van der Waals surface area contributed by atoms with Crippen molar-refractivity contribution < 1.29 is 4.79 Å². The largest absolute Gasteiger partial charge is 0.323 e. The smallest absolute Gasteiger partial charge is 0.307 e. The summed E-state index contributed by atoms with van der Waals surface area (Å²) in [6.07, 6.45) is 20.7. The van der Waals surface area contributed by atoms with Gasteiger partial charge in [-0.25, -0.2) is 4.79 Å². The minimum absolute atomic E-state index is 0.110. The number of aryl methyl sites for hydroxylation is 2. The number of rotatable bonds is 20. The van der Waals surface area contributed by atoms with Crippen LogP contribution in [0.4, 0.5) is 16.2 Å². The molecule has 0 aliphatic rings. The van der Waals surface area contributed by atoms with Crippen molar-refractivity contribution in [2.45, 2.75) is 157 Å². The fourth-order valence-corrected chi connectivity index (χ4v) is 5.80. The van der Waals surface area contributed by atoms with Gasteiger partial charge in [-0.1, -0.05) is 92.2 Å². The van der Waals surface area contributed by atoms with Crippen molar-refractivity contribution in [2.75, 3.05) is 10.6 Å². The van der Waals surface area contributed by atoms with Gasteiger partial charge in [0.15, 0.2) is 0 Å². The van der Waals surface area contributed by atoms with E-state index in [0.29, 0.717) is 0 Å². The van der Waals surface area contributed by atoms with E-state index in [-0.39, 0.29) is 6.03 Å². The number of hydrogen-bond acceptors (Lipinski definition) is 1. The number of anilines is 2. The Kier molecular flexibility index (Phi) is 16.7. The molecule has 3 heteroatoms. The maximum absolute atomic E-state index is 13.6.